The van der Waals surface area contributed by atoms with E-state index in [-0.39, 0.29) is 0 Å². The van der Waals surface area contributed by atoms with E-state index in [4.69, 9.17) is 9.47 Å². The highest BCUT2D eigenvalue weighted by molar-refractivity contribution is 6.10. The summed E-state index contributed by atoms with van der Waals surface area (Å²) >= 11 is 0. The van der Waals surface area contributed by atoms with Gasteiger partial charge in [-0.3, -0.25) is 14.5 Å². The van der Waals surface area contributed by atoms with E-state index < -0.39 is 29.9 Å². The van der Waals surface area contributed by atoms with Gasteiger partial charge in [-0.1, -0.05) is 19.1 Å². The van der Waals surface area contributed by atoms with E-state index >= 15 is 0 Å². The third-order valence-corrected chi connectivity index (χ3v) is 5.25. The molecule has 3 rings (SSSR count). The average molecular weight is 411 g/mol. The maximum Gasteiger partial charge on any atom is 0.325 e. The first-order valence-electron chi connectivity index (χ1n) is 9.57. The van der Waals surface area contributed by atoms with Crippen LogP contribution in [0.5, 0.6) is 11.5 Å². The van der Waals surface area contributed by atoms with Gasteiger partial charge in [-0.2, -0.15) is 0 Å². The first-order valence-corrected chi connectivity index (χ1v) is 9.57. The van der Waals surface area contributed by atoms with Gasteiger partial charge < -0.3 is 20.1 Å². The minimum atomic E-state index is -1.22. The van der Waals surface area contributed by atoms with Crippen molar-refractivity contribution in [2.75, 3.05) is 26.1 Å². The summed E-state index contributed by atoms with van der Waals surface area (Å²) in [4.78, 5) is 39.3. The van der Waals surface area contributed by atoms with Gasteiger partial charge in [-0.25, -0.2) is 4.79 Å². The molecule has 1 aliphatic rings. The van der Waals surface area contributed by atoms with Gasteiger partial charge in [0.1, 0.15) is 23.6 Å². The van der Waals surface area contributed by atoms with Crippen molar-refractivity contribution in [3.8, 4) is 11.5 Å². The molecular formula is C22H25N3O5. The van der Waals surface area contributed by atoms with Gasteiger partial charge in [0.2, 0.25) is 5.91 Å². The third kappa shape index (κ3) is 3.80. The molecule has 1 unspecified atom stereocenters. The monoisotopic (exact) mass is 411 g/mol. The van der Waals surface area contributed by atoms with Crippen molar-refractivity contribution in [3.63, 3.8) is 0 Å². The van der Waals surface area contributed by atoms with E-state index in [2.05, 4.69) is 10.6 Å². The minimum absolute atomic E-state index is 0.345. The van der Waals surface area contributed by atoms with E-state index in [0.717, 1.165) is 10.5 Å². The smallest absolute Gasteiger partial charge is 0.325 e. The Kier molecular flexibility index (Phi) is 5.96. The Labute approximate surface area is 175 Å². The van der Waals surface area contributed by atoms with Gasteiger partial charge in [0, 0.05) is 11.8 Å². The van der Waals surface area contributed by atoms with Crippen LogP contribution in [0.1, 0.15) is 24.5 Å². The quantitative estimate of drug-likeness (QED) is 0.683. The number of urea groups is 1. The number of benzene rings is 2. The molecule has 0 bridgehead atoms. The summed E-state index contributed by atoms with van der Waals surface area (Å²) in [6, 6.07) is 11.6. The highest BCUT2D eigenvalue weighted by Gasteiger charge is 2.51. The fourth-order valence-electron chi connectivity index (χ4n) is 3.60. The highest BCUT2D eigenvalue weighted by atomic mass is 16.5. The Hall–Kier alpha value is -3.55. The van der Waals surface area contributed by atoms with Crippen molar-refractivity contribution in [3.05, 3.63) is 53.6 Å². The first kappa shape index (κ1) is 21.2. The molecule has 1 heterocycles. The third-order valence-electron chi connectivity index (χ3n) is 5.25. The minimum Gasteiger partial charge on any atom is -0.497 e. The fraction of sp³-hybridized carbons (Fsp3) is 0.318. The number of ether oxygens (including phenoxy) is 2. The zero-order valence-corrected chi connectivity index (χ0v) is 17.4. The standard InChI is InChI=1S/C22H25N3O5/c1-5-22(15-9-10-18(30-4)14(2)11-15)20(27)25(21(28)24-22)13-19(26)23-16-7-6-8-17(12-16)29-3/h6-12H,5,13H2,1-4H3,(H,23,26)(H,24,28). The van der Waals surface area contributed by atoms with E-state index in [1.165, 1.54) is 7.11 Å². The van der Waals surface area contributed by atoms with Gasteiger partial charge >= 0.3 is 6.03 Å². The molecule has 2 aromatic carbocycles. The van der Waals surface area contributed by atoms with Crippen molar-refractivity contribution >= 4 is 23.5 Å². The molecule has 8 heteroatoms. The van der Waals surface area contributed by atoms with Gasteiger partial charge in [0.05, 0.1) is 14.2 Å². The SMILES string of the molecule is CCC1(c2ccc(OC)c(C)c2)NC(=O)N(CC(=O)Nc2cccc(OC)c2)C1=O. The molecule has 0 aliphatic carbocycles. The number of nitrogens with one attached hydrogen (secondary N) is 2. The zero-order chi connectivity index (χ0) is 21.9. The van der Waals surface area contributed by atoms with Crippen molar-refractivity contribution in [1.29, 1.82) is 0 Å². The van der Waals surface area contributed by atoms with Crippen LogP contribution in [-0.4, -0.2) is 43.5 Å². The Morgan fingerprint density at radius 3 is 2.53 bits per heavy atom. The molecular weight excluding hydrogens is 386 g/mol. The Morgan fingerprint density at radius 2 is 1.90 bits per heavy atom. The summed E-state index contributed by atoms with van der Waals surface area (Å²) in [5, 5.41) is 5.47. The van der Waals surface area contributed by atoms with Crippen LogP contribution in [0.3, 0.4) is 0 Å². The van der Waals surface area contributed by atoms with Crippen LogP contribution in [0.2, 0.25) is 0 Å². The number of rotatable bonds is 7. The lowest BCUT2D eigenvalue weighted by molar-refractivity contribution is -0.134. The molecule has 1 atom stereocenters. The molecule has 2 aromatic rings. The molecule has 1 aliphatic heterocycles. The molecule has 1 fully saturated rings. The number of carbonyl (C=O) groups is 3. The number of methoxy groups -OCH3 is 2. The van der Waals surface area contributed by atoms with Gasteiger partial charge in [-0.15, -0.1) is 0 Å². The topological polar surface area (TPSA) is 97.0 Å². The molecule has 0 saturated carbocycles. The lowest BCUT2D eigenvalue weighted by Crippen LogP contribution is -2.44. The summed E-state index contributed by atoms with van der Waals surface area (Å²) in [6.07, 6.45) is 0.345. The number of anilines is 1. The fourth-order valence-corrected chi connectivity index (χ4v) is 3.60. The molecule has 0 radical (unpaired) electrons. The van der Waals surface area contributed by atoms with E-state index in [0.29, 0.717) is 29.2 Å². The second-order valence-corrected chi connectivity index (χ2v) is 7.04. The Bertz CT molecular complexity index is 990. The van der Waals surface area contributed by atoms with E-state index in [1.54, 1.807) is 43.5 Å². The number of imide groups is 1. The molecule has 0 aromatic heterocycles. The largest absolute Gasteiger partial charge is 0.497 e. The molecule has 8 nitrogen and oxygen atoms in total. The van der Waals surface area contributed by atoms with Crippen LogP contribution in [-0.2, 0) is 15.1 Å². The lowest BCUT2D eigenvalue weighted by atomic mass is 9.86. The summed E-state index contributed by atoms with van der Waals surface area (Å²) in [5.74, 6) is 0.337. The van der Waals surface area contributed by atoms with Crippen molar-refractivity contribution < 1.29 is 23.9 Å². The summed E-state index contributed by atoms with van der Waals surface area (Å²) < 4.78 is 10.4. The van der Waals surface area contributed by atoms with Gasteiger partial charge in [0.15, 0.2) is 0 Å². The maximum absolute atomic E-state index is 13.2. The second kappa shape index (κ2) is 8.44. The van der Waals surface area contributed by atoms with Crippen LogP contribution in [0.25, 0.3) is 0 Å². The van der Waals surface area contributed by atoms with Crippen LogP contribution in [0.15, 0.2) is 42.5 Å². The van der Waals surface area contributed by atoms with Crippen LogP contribution >= 0.6 is 0 Å². The number of hydrogen-bond acceptors (Lipinski definition) is 5. The molecule has 1 saturated heterocycles. The second-order valence-electron chi connectivity index (χ2n) is 7.04. The van der Waals surface area contributed by atoms with Crippen molar-refractivity contribution in [2.45, 2.75) is 25.8 Å². The Morgan fingerprint density at radius 1 is 1.13 bits per heavy atom. The number of carbonyl (C=O) groups excluding carboxylic acids is 3. The normalized spacial score (nSPS) is 18.2. The zero-order valence-electron chi connectivity index (χ0n) is 17.4. The predicted molar refractivity (Wildman–Crippen MR) is 112 cm³/mol. The summed E-state index contributed by atoms with van der Waals surface area (Å²) in [5.41, 5.74) is 0.792. The summed E-state index contributed by atoms with van der Waals surface area (Å²) in [7, 11) is 3.10. The summed E-state index contributed by atoms with van der Waals surface area (Å²) in [6.45, 7) is 3.29. The first-order chi connectivity index (χ1) is 14.3. The predicted octanol–water partition coefficient (Wildman–Crippen LogP) is 2.81. The number of aryl methyl sites for hydroxylation is 1. The average Bonchev–Trinajstić information content (AvgIpc) is 2.98. The maximum atomic E-state index is 13.2. The van der Waals surface area contributed by atoms with Crippen LogP contribution < -0.4 is 20.1 Å². The number of amides is 4. The molecule has 4 amide bonds. The van der Waals surface area contributed by atoms with Crippen LogP contribution in [0, 0.1) is 6.92 Å². The molecule has 30 heavy (non-hydrogen) atoms. The molecule has 0 spiro atoms. The number of hydrogen-bond donors (Lipinski definition) is 2. The van der Waals surface area contributed by atoms with Gasteiger partial charge in [0.25, 0.3) is 5.91 Å². The lowest BCUT2D eigenvalue weighted by Gasteiger charge is -2.26. The van der Waals surface area contributed by atoms with Crippen molar-refractivity contribution in [1.82, 2.24) is 10.2 Å². The number of nitrogens with zero attached hydrogens (tertiary/aromatic N) is 1. The van der Waals surface area contributed by atoms with E-state index in [1.807, 2.05) is 19.9 Å². The highest BCUT2D eigenvalue weighted by Crippen LogP contribution is 2.34. The Balaban J connectivity index is 1.80. The molecule has 2 N–H and O–H groups in total. The van der Waals surface area contributed by atoms with Crippen molar-refractivity contribution in [2.24, 2.45) is 0 Å². The van der Waals surface area contributed by atoms with E-state index in [9.17, 15) is 14.4 Å². The van der Waals surface area contributed by atoms with Crippen LogP contribution in [0.4, 0.5) is 10.5 Å². The van der Waals surface area contributed by atoms with Gasteiger partial charge in [-0.05, 0) is 48.7 Å². The molecule has 158 valence electrons.